The molecule has 2 atom stereocenters. The van der Waals surface area contributed by atoms with Crippen LogP contribution < -0.4 is 10.6 Å². The zero-order chi connectivity index (χ0) is 14.3. The molecule has 0 spiro atoms. The van der Waals surface area contributed by atoms with Crippen molar-refractivity contribution >= 4 is 17.9 Å². The second-order valence-corrected chi connectivity index (χ2v) is 4.69. The number of urea groups is 1. The molecule has 0 aromatic carbocycles. The van der Waals surface area contributed by atoms with Gasteiger partial charge in [-0.15, -0.1) is 0 Å². The highest BCUT2D eigenvalue weighted by molar-refractivity contribution is 6.02. The number of carbonyl (C=O) groups is 3. The number of carbonyl (C=O) groups excluding carboxylic acids is 2. The first kappa shape index (κ1) is 15.2. The molecule has 0 heterocycles. The number of imide groups is 1. The van der Waals surface area contributed by atoms with Crippen LogP contribution in [0.4, 0.5) is 4.79 Å². The Balaban J connectivity index is 2.41. The van der Waals surface area contributed by atoms with Crippen molar-refractivity contribution in [3.05, 3.63) is 12.2 Å². The zero-order valence-electron chi connectivity index (χ0n) is 11.0. The number of amides is 3. The van der Waals surface area contributed by atoms with Crippen molar-refractivity contribution in [1.82, 2.24) is 10.6 Å². The van der Waals surface area contributed by atoms with Crippen molar-refractivity contribution < 1.29 is 19.5 Å². The van der Waals surface area contributed by atoms with Crippen LogP contribution in [-0.2, 0) is 9.59 Å². The zero-order valence-corrected chi connectivity index (χ0v) is 11.0. The molecule has 1 rings (SSSR count). The van der Waals surface area contributed by atoms with E-state index in [0.717, 1.165) is 31.8 Å². The normalized spacial score (nSPS) is 23.0. The average molecular weight is 268 g/mol. The maximum atomic E-state index is 11.6. The minimum absolute atomic E-state index is 0.0926. The van der Waals surface area contributed by atoms with Crippen LogP contribution in [0.5, 0.6) is 0 Å². The standard InChI is InChI=1S/C13H20N2O4/c1-2-9-5-3-4-6-10(9)14-13(19)15-11(16)7-8-12(17)18/h7-10H,2-6H2,1H3,(H,17,18)(H2,14,15,16,19)/b8-7+. The van der Waals surface area contributed by atoms with Crippen molar-refractivity contribution in [2.45, 2.75) is 45.1 Å². The largest absolute Gasteiger partial charge is 0.478 e. The summed E-state index contributed by atoms with van der Waals surface area (Å²) in [4.78, 5) is 33.1. The molecular formula is C13H20N2O4. The molecule has 19 heavy (non-hydrogen) atoms. The van der Waals surface area contributed by atoms with Crippen molar-refractivity contribution in [2.24, 2.45) is 5.92 Å². The van der Waals surface area contributed by atoms with Gasteiger partial charge in [0.2, 0.25) is 0 Å². The van der Waals surface area contributed by atoms with Crippen LogP contribution >= 0.6 is 0 Å². The van der Waals surface area contributed by atoms with Gasteiger partial charge in [-0.05, 0) is 18.8 Å². The smallest absolute Gasteiger partial charge is 0.328 e. The first-order valence-electron chi connectivity index (χ1n) is 6.55. The molecule has 6 heteroatoms. The third-order valence-corrected chi connectivity index (χ3v) is 3.36. The molecule has 0 saturated heterocycles. The summed E-state index contributed by atoms with van der Waals surface area (Å²) in [6.45, 7) is 2.09. The highest BCUT2D eigenvalue weighted by Crippen LogP contribution is 2.26. The van der Waals surface area contributed by atoms with Crippen molar-refractivity contribution in [1.29, 1.82) is 0 Å². The Morgan fingerprint density at radius 3 is 2.53 bits per heavy atom. The number of rotatable bonds is 4. The lowest BCUT2D eigenvalue weighted by Gasteiger charge is -2.31. The number of hydrogen-bond acceptors (Lipinski definition) is 3. The third-order valence-electron chi connectivity index (χ3n) is 3.36. The number of hydrogen-bond donors (Lipinski definition) is 3. The molecule has 3 amide bonds. The summed E-state index contributed by atoms with van der Waals surface area (Å²) in [5.41, 5.74) is 0. The highest BCUT2D eigenvalue weighted by Gasteiger charge is 2.25. The van der Waals surface area contributed by atoms with Crippen LogP contribution in [0.3, 0.4) is 0 Å². The molecule has 1 saturated carbocycles. The Morgan fingerprint density at radius 1 is 1.21 bits per heavy atom. The molecule has 0 aromatic heterocycles. The molecule has 3 N–H and O–H groups in total. The van der Waals surface area contributed by atoms with E-state index in [4.69, 9.17) is 5.11 Å². The summed E-state index contributed by atoms with van der Waals surface area (Å²) in [5.74, 6) is -1.51. The monoisotopic (exact) mass is 268 g/mol. The van der Waals surface area contributed by atoms with Crippen LogP contribution in [0.25, 0.3) is 0 Å². The summed E-state index contributed by atoms with van der Waals surface area (Å²) in [6, 6.07) is -0.472. The Labute approximate surface area is 112 Å². The molecule has 1 fully saturated rings. The molecule has 106 valence electrons. The number of carboxylic acid groups (broad SMARTS) is 1. The van der Waals surface area contributed by atoms with Gasteiger partial charge in [-0.3, -0.25) is 10.1 Å². The predicted molar refractivity (Wildman–Crippen MR) is 69.5 cm³/mol. The topological polar surface area (TPSA) is 95.5 Å². The van der Waals surface area contributed by atoms with Crippen molar-refractivity contribution in [2.75, 3.05) is 0 Å². The van der Waals surface area contributed by atoms with Crippen molar-refractivity contribution in [3.8, 4) is 0 Å². The molecule has 2 unspecified atom stereocenters. The Kier molecular flexibility index (Phi) is 6.05. The molecule has 1 aliphatic rings. The maximum absolute atomic E-state index is 11.6. The summed E-state index contributed by atoms with van der Waals surface area (Å²) >= 11 is 0. The van der Waals surface area contributed by atoms with E-state index in [1.165, 1.54) is 6.42 Å². The van der Waals surface area contributed by atoms with Gasteiger partial charge in [-0.1, -0.05) is 26.2 Å². The summed E-state index contributed by atoms with van der Waals surface area (Å²) in [6.07, 6.45) is 6.78. The minimum Gasteiger partial charge on any atom is -0.478 e. The molecule has 0 aliphatic heterocycles. The van der Waals surface area contributed by atoms with Crippen LogP contribution in [0, 0.1) is 5.92 Å². The van der Waals surface area contributed by atoms with E-state index < -0.39 is 17.9 Å². The second-order valence-electron chi connectivity index (χ2n) is 4.69. The van der Waals surface area contributed by atoms with Gasteiger partial charge >= 0.3 is 12.0 Å². The first-order chi connectivity index (χ1) is 9.02. The van der Waals surface area contributed by atoms with Gasteiger partial charge in [-0.25, -0.2) is 9.59 Å². The quantitative estimate of drug-likeness (QED) is 0.672. The van der Waals surface area contributed by atoms with Gasteiger partial charge in [0.15, 0.2) is 0 Å². The summed E-state index contributed by atoms with van der Waals surface area (Å²) in [5, 5.41) is 13.2. The highest BCUT2D eigenvalue weighted by atomic mass is 16.4. The average Bonchev–Trinajstić information content (AvgIpc) is 2.37. The van der Waals surface area contributed by atoms with E-state index in [0.29, 0.717) is 12.0 Å². The van der Waals surface area contributed by atoms with Gasteiger partial charge in [0.25, 0.3) is 5.91 Å². The minimum atomic E-state index is -1.23. The van der Waals surface area contributed by atoms with Crippen LogP contribution in [0.2, 0.25) is 0 Å². The summed E-state index contributed by atoms with van der Waals surface area (Å²) in [7, 11) is 0. The first-order valence-corrected chi connectivity index (χ1v) is 6.55. The molecule has 6 nitrogen and oxygen atoms in total. The lowest BCUT2D eigenvalue weighted by atomic mass is 9.83. The molecular weight excluding hydrogens is 248 g/mol. The van der Waals surface area contributed by atoms with E-state index in [1.807, 2.05) is 0 Å². The predicted octanol–water partition coefficient (Wildman–Crippen LogP) is 1.42. The maximum Gasteiger partial charge on any atom is 0.328 e. The van der Waals surface area contributed by atoms with Gasteiger partial charge in [0, 0.05) is 18.2 Å². The Morgan fingerprint density at radius 2 is 1.89 bits per heavy atom. The molecule has 0 radical (unpaired) electrons. The van der Waals surface area contributed by atoms with Crippen molar-refractivity contribution in [3.63, 3.8) is 0 Å². The third kappa shape index (κ3) is 5.54. The fourth-order valence-electron chi connectivity index (χ4n) is 2.39. The van der Waals surface area contributed by atoms with Gasteiger partial charge in [0.1, 0.15) is 0 Å². The van der Waals surface area contributed by atoms with E-state index in [2.05, 4.69) is 17.6 Å². The SMILES string of the molecule is CCC1CCCCC1NC(=O)NC(=O)/C=C/C(=O)O. The van der Waals surface area contributed by atoms with E-state index in [1.54, 1.807) is 0 Å². The molecule has 1 aliphatic carbocycles. The second kappa shape index (κ2) is 7.56. The van der Waals surface area contributed by atoms with Crippen LogP contribution in [0.15, 0.2) is 12.2 Å². The molecule has 0 bridgehead atoms. The Bertz CT molecular complexity index is 379. The summed E-state index contributed by atoms with van der Waals surface area (Å²) < 4.78 is 0. The van der Waals surface area contributed by atoms with Crippen LogP contribution in [-0.4, -0.2) is 29.1 Å². The Hall–Kier alpha value is -1.85. The fourth-order valence-corrected chi connectivity index (χ4v) is 2.39. The van der Waals surface area contributed by atoms with E-state index >= 15 is 0 Å². The van der Waals surface area contributed by atoms with Gasteiger partial charge in [-0.2, -0.15) is 0 Å². The molecule has 0 aromatic rings. The number of nitrogens with one attached hydrogen (secondary N) is 2. The fraction of sp³-hybridized carbons (Fsp3) is 0.615. The van der Waals surface area contributed by atoms with Crippen LogP contribution in [0.1, 0.15) is 39.0 Å². The van der Waals surface area contributed by atoms with E-state index in [9.17, 15) is 14.4 Å². The van der Waals surface area contributed by atoms with Gasteiger partial charge < -0.3 is 10.4 Å². The van der Waals surface area contributed by atoms with E-state index in [-0.39, 0.29) is 6.04 Å². The van der Waals surface area contributed by atoms with Gasteiger partial charge in [0.05, 0.1) is 0 Å². The lowest BCUT2D eigenvalue weighted by Crippen LogP contribution is -2.48. The number of aliphatic carboxylic acids is 1. The number of carboxylic acids is 1. The lowest BCUT2D eigenvalue weighted by molar-refractivity contribution is -0.131.